The van der Waals surface area contributed by atoms with Crippen molar-refractivity contribution < 1.29 is 18.0 Å². The zero-order chi connectivity index (χ0) is 18.7. The topological polar surface area (TPSA) is 59.8 Å². The van der Waals surface area contributed by atoms with Crippen molar-refractivity contribution in [2.45, 2.75) is 12.7 Å². The Hall–Kier alpha value is -2.87. The zero-order valence-corrected chi connectivity index (χ0v) is 13.9. The molecule has 26 heavy (non-hydrogen) atoms. The number of carbonyl (C=O) groups is 1. The van der Waals surface area contributed by atoms with Crippen molar-refractivity contribution in [3.8, 4) is 5.69 Å². The van der Waals surface area contributed by atoms with Gasteiger partial charge >= 0.3 is 6.18 Å². The van der Waals surface area contributed by atoms with Gasteiger partial charge in [0.1, 0.15) is 0 Å². The Morgan fingerprint density at radius 3 is 2.46 bits per heavy atom. The van der Waals surface area contributed by atoms with Crippen molar-refractivity contribution in [2.24, 2.45) is 0 Å². The quantitative estimate of drug-likeness (QED) is 0.747. The lowest BCUT2D eigenvalue weighted by Crippen LogP contribution is -2.23. The summed E-state index contributed by atoms with van der Waals surface area (Å²) in [6.07, 6.45) is -2.97. The highest BCUT2D eigenvalue weighted by molar-refractivity contribution is 6.32. The molecule has 3 rings (SSSR count). The maximum absolute atomic E-state index is 12.5. The third kappa shape index (κ3) is 4.02. The molecule has 0 aliphatic carbocycles. The van der Waals surface area contributed by atoms with Gasteiger partial charge in [0.25, 0.3) is 5.91 Å². The van der Waals surface area contributed by atoms with Gasteiger partial charge in [-0.25, -0.2) is 4.68 Å². The minimum atomic E-state index is -4.39. The molecule has 0 spiro atoms. The van der Waals surface area contributed by atoms with Crippen LogP contribution in [-0.2, 0) is 12.7 Å². The first-order valence-electron chi connectivity index (χ1n) is 7.46. The van der Waals surface area contributed by atoms with Crippen LogP contribution in [0.25, 0.3) is 5.69 Å². The molecule has 0 saturated carbocycles. The zero-order valence-electron chi connectivity index (χ0n) is 13.2. The number of rotatable bonds is 4. The fraction of sp³-hybridized carbons (Fsp3) is 0.118. The van der Waals surface area contributed by atoms with E-state index in [-0.39, 0.29) is 12.2 Å². The maximum atomic E-state index is 12.5. The number of hydrogen-bond acceptors (Lipinski definition) is 3. The molecule has 134 valence electrons. The fourth-order valence-electron chi connectivity index (χ4n) is 2.21. The molecule has 1 N–H and O–H groups in total. The highest BCUT2D eigenvalue weighted by Crippen LogP contribution is 2.29. The predicted octanol–water partition coefficient (Wildman–Crippen LogP) is 3.87. The molecule has 0 bridgehead atoms. The van der Waals surface area contributed by atoms with E-state index in [2.05, 4.69) is 15.6 Å². The number of hydrogen-bond donors (Lipinski definition) is 1. The van der Waals surface area contributed by atoms with Crippen LogP contribution in [0.2, 0.25) is 5.02 Å². The van der Waals surface area contributed by atoms with Gasteiger partial charge in [-0.05, 0) is 29.8 Å². The average molecular weight is 381 g/mol. The van der Waals surface area contributed by atoms with Crippen LogP contribution in [0.15, 0.2) is 54.7 Å². The molecule has 1 aromatic heterocycles. The summed E-state index contributed by atoms with van der Waals surface area (Å²) in [6.45, 7) is 0.0654. The minimum absolute atomic E-state index is 0.0654. The van der Waals surface area contributed by atoms with E-state index >= 15 is 0 Å². The second-order valence-corrected chi connectivity index (χ2v) is 5.78. The summed E-state index contributed by atoms with van der Waals surface area (Å²) in [7, 11) is 0. The smallest absolute Gasteiger partial charge is 0.347 e. The minimum Gasteiger partial charge on any atom is -0.347 e. The number of carbonyl (C=O) groups excluding carboxylic acids is 1. The highest BCUT2D eigenvalue weighted by atomic mass is 35.5. The Kier molecular flexibility index (Phi) is 4.94. The van der Waals surface area contributed by atoms with Crippen LogP contribution in [0.5, 0.6) is 0 Å². The Labute approximate surface area is 151 Å². The average Bonchev–Trinajstić information content (AvgIpc) is 3.09. The van der Waals surface area contributed by atoms with Crippen LogP contribution in [0.3, 0.4) is 0 Å². The summed E-state index contributed by atoms with van der Waals surface area (Å²) in [5, 5.41) is 10.7. The lowest BCUT2D eigenvalue weighted by molar-refractivity contribution is -0.137. The van der Waals surface area contributed by atoms with Gasteiger partial charge in [0.15, 0.2) is 5.69 Å². The number of aromatic nitrogens is 3. The molecule has 5 nitrogen and oxygen atoms in total. The number of nitrogens with zero attached hydrogens (tertiary/aromatic N) is 3. The van der Waals surface area contributed by atoms with Gasteiger partial charge in [-0.15, -0.1) is 5.10 Å². The van der Waals surface area contributed by atoms with E-state index in [0.717, 1.165) is 12.1 Å². The SMILES string of the molecule is O=C(NCc1ccc(C(F)(F)F)cc1)c1cn(-c2ccccc2Cl)nn1. The lowest BCUT2D eigenvalue weighted by Gasteiger charge is -2.08. The number of halogens is 4. The van der Waals surface area contributed by atoms with Gasteiger partial charge in [-0.1, -0.05) is 41.1 Å². The molecule has 1 heterocycles. The highest BCUT2D eigenvalue weighted by Gasteiger charge is 2.29. The van der Waals surface area contributed by atoms with Gasteiger partial charge < -0.3 is 5.32 Å². The second-order valence-electron chi connectivity index (χ2n) is 5.38. The molecule has 0 aliphatic heterocycles. The van der Waals surface area contributed by atoms with Crippen LogP contribution in [0.4, 0.5) is 13.2 Å². The summed E-state index contributed by atoms with van der Waals surface area (Å²) < 4.78 is 39.0. The number of alkyl halides is 3. The molecule has 0 saturated heterocycles. The van der Waals surface area contributed by atoms with Crippen LogP contribution in [0.1, 0.15) is 21.6 Å². The molecule has 1 amide bonds. The molecular weight excluding hydrogens is 369 g/mol. The van der Waals surface area contributed by atoms with Crippen LogP contribution in [0, 0.1) is 0 Å². The first-order valence-corrected chi connectivity index (χ1v) is 7.84. The van der Waals surface area contributed by atoms with Gasteiger partial charge in [0, 0.05) is 6.54 Å². The summed E-state index contributed by atoms with van der Waals surface area (Å²) in [5.41, 5.74) is 0.431. The molecule has 0 fully saturated rings. The lowest BCUT2D eigenvalue weighted by atomic mass is 10.1. The van der Waals surface area contributed by atoms with Crippen molar-refractivity contribution in [1.29, 1.82) is 0 Å². The van der Waals surface area contributed by atoms with Gasteiger partial charge in [0.05, 0.1) is 22.5 Å². The van der Waals surface area contributed by atoms with Crippen molar-refractivity contribution in [3.05, 3.63) is 76.6 Å². The molecule has 0 unspecified atom stereocenters. The molecule has 0 aliphatic rings. The van der Waals surface area contributed by atoms with E-state index in [1.807, 2.05) is 0 Å². The van der Waals surface area contributed by atoms with Gasteiger partial charge in [-0.3, -0.25) is 4.79 Å². The fourth-order valence-corrected chi connectivity index (χ4v) is 2.43. The van der Waals surface area contributed by atoms with Crippen molar-refractivity contribution in [1.82, 2.24) is 20.3 Å². The first kappa shape index (κ1) is 17.9. The second kappa shape index (κ2) is 7.17. The number of amides is 1. The third-order valence-electron chi connectivity index (χ3n) is 3.56. The van der Waals surface area contributed by atoms with E-state index < -0.39 is 17.6 Å². The Morgan fingerprint density at radius 1 is 1.12 bits per heavy atom. The van der Waals surface area contributed by atoms with E-state index in [4.69, 9.17) is 11.6 Å². The van der Waals surface area contributed by atoms with Crippen molar-refractivity contribution >= 4 is 17.5 Å². The number of nitrogens with one attached hydrogen (secondary N) is 1. The van der Waals surface area contributed by atoms with Crippen LogP contribution < -0.4 is 5.32 Å². The standard InChI is InChI=1S/C17H12ClF3N4O/c18-13-3-1-2-4-15(13)25-10-14(23-24-25)16(26)22-9-11-5-7-12(8-6-11)17(19,20)21/h1-8,10H,9H2,(H,22,26). The Balaban J connectivity index is 1.65. The van der Waals surface area contributed by atoms with E-state index in [0.29, 0.717) is 16.3 Å². The van der Waals surface area contributed by atoms with E-state index in [1.165, 1.54) is 23.0 Å². The normalized spacial score (nSPS) is 11.4. The monoisotopic (exact) mass is 380 g/mol. The van der Waals surface area contributed by atoms with E-state index in [1.54, 1.807) is 24.3 Å². The third-order valence-corrected chi connectivity index (χ3v) is 3.88. The molecule has 0 radical (unpaired) electrons. The molecular formula is C17H12ClF3N4O. The molecule has 9 heteroatoms. The van der Waals surface area contributed by atoms with E-state index in [9.17, 15) is 18.0 Å². The summed E-state index contributed by atoms with van der Waals surface area (Å²) in [4.78, 5) is 12.1. The molecule has 2 aromatic carbocycles. The van der Waals surface area contributed by atoms with Crippen LogP contribution in [-0.4, -0.2) is 20.9 Å². The maximum Gasteiger partial charge on any atom is 0.416 e. The Morgan fingerprint density at radius 2 is 1.81 bits per heavy atom. The van der Waals surface area contributed by atoms with Crippen molar-refractivity contribution in [3.63, 3.8) is 0 Å². The van der Waals surface area contributed by atoms with Gasteiger partial charge in [-0.2, -0.15) is 13.2 Å². The first-order chi connectivity index (χ1) is 12.3. The Bertz CT molecular complexity index is 922. The summed E-state index contributed by atoms with van der Waals surface area (Å²) in [5.74, 6) is -0.497. The summed E-state index contributed by atoms with van der Waals surface area (Å²) in [6, 6.07) is 11.5. The number of para-hydroxylation sites is 1. The van der Waals surface area contributed by atoms with Gasteiger partial charge in [0.2, 0.25) is 0 Å². The summed E-state index contributed by atoms with van der Waals surface area (Å²) >= 11 is 6.06. The van der Waals surface area contributed by atoms with Crippen molar-refractivity contribution in [2.75, 3.05) is 0 Å². The molecule has 3 aromatic rings. The molecule has 0 atom stereocenters. The predicted molar refractivity (Wildman–Crippen MR) is 89.0 cm³/mol. The number of benzene rings is 2. The van der Waals surface area contributed by atoms with Crippen LogP contribution >= 0.6 is 11.6 Å². The largest absolute Gasteiger partial charge is 0.416 e.